The van der Waals surface area contributed by atoms with Crippen LogP contribution in [0.2, 0.25) is 0 Å². The molecule has 21 heavy (non-hydrogen) atoms. The van der Waals surface area contributed by atoms with Crippen LogP contribution in [0.5, 0.6) is 0 Å². The summed E-state index contributed by atoms with van der Waals surface area (Å²) in [5.41, 5.74) is 0.589. The van der Waals surface area contributed by atoms with Gasteiger partial charge in [0.2, 0.25) is 0 Å². The number of likely N-dealkylation sites (tertiary alicyclic amines) is 1. The van der Waals surface area contributed by atoms with Crippen LogP contribution >= 0.6 is 0 Å². The molecule has 1 N–H and O–H groups in total. The zero-order valence-electron chi connectivity index (χ0n) is 13.2. The molecule has 3 atom stereocenters. The fourth-order valence-electron chi connectivity index (χ4n) is 2.85. The number of carbonyl (C=O) groups excluding carboxylic acids is 1. The van der Waals surface area contributed by atoms with Crippen molar-refractivity contribution in [2.24, 2.45) is 0 Å². The van der Waals surface area contributed by atoms with Crippen molar-refractivity contribution in [3.05, 3.63) is 35.9 Å². The number of carbonyl (C=O) groups is 1. The summed E-state index contributed by atoms with van der Waals surface area (Å²) in [7, 11) is 0. The minimum atomic E-state index is -0.526. The lowest BCUT2D eigenvalue weighted by molar-refractivity contribution is 0.00999. The normalized spacial score (nSPS) is 26.0. The van der Waals surface area contributed by atoms with Crippen LogP contribution in [-0.4, -0.2) is 39.9 Å². The number of aliphatic hydroxyl groups excluding tert-OH is 1. The molecule has 0 spiro atoms. The lowest BCUT2D eigenvalue weighted by Crippen LogP contribution is -2.46. The van der Waals surface area contributed by atoms with Crippen molar-refractivity contribution in [1.29, 1.82) is 0 Å². The molecular weight excluding hydrogens is 266 g/mol. The van der Waals surface area contributed by atoms with Crippen LogP contribution in [0.15, 0.2) is 30.3 Å². The van der Waals surface area contributed by atoms with Crippen molar-refractivity contribution in [2.75, 3.05) is 0 Å². The third-order valence-corrected chi connectivity index (χ3v) is 3.75. The summed E-state index contributed by atoms with van der Waals surface area (Å²) < 4.78 is 5.48. The fourth-order valence-corrected chi connectivity index (χ4v) is 2.85. The molecule has 1 heterocycles. The van der Waals surface area contributed by atoms with Crippen molar-refractivity contribution in [1.82, 2.24) is 4.90 Å². The summed E-state index contributed by atoms with van der Waals surface area (Å²) >= 11 is 0. The summed E-state index contributed by atoms with van der Waals surface area (Å²) in [6.45, 7) is 7.52. The molecule has 116 valence electrons. The van der Waals surface area contributed by atoms with E-state index >= 15 is 0 Å². The first-order valence-corrected chi connectivity index (χ1v) is 7.51. The molecule has 0 saturated carbocycles. The largest absolute Gasteiger partial charge is 0.444 e. The van der Waals surface area contributed by atoms with E-state index in [9.17, 15) is 9.90 Å². The van der Waals surface area contributed by atoms with Gasteiger partial charge >= 0.3 is 6.09 Å². The van der Waals surface area contributed by atoms with Gasteiger partial charge in [-0.05, 0) is 46.1 Å². The monoisotopic (exact) mass is 291 g/mol. The number of ether oxygens (including phenoxy) is 1. The molecule has 0 radical (unpaired) electrons. The van der Waals surface area contributed by atoms with Gasteiger partial charge in [-0.1, -0.05) is 30.3 Å². The van der Waals surface area contributed by atoms with Crippen LogP contribution < -0.4 is 0 Å². The Morgan fingerprint density at radius 3 is 2.52 bits per heavy atom. The average molecular weight is 291 g/mol. The molecule has 1 aliphatic heterocycles. The van der Waals surface area contributed by atoms with Gasteiger partial charge in [0.1, 0.15) is 5.60 Å². The quantitative estimate of drug-likeness (QED) is 0.911. The minimum absolute atomic E-state index is 0.0106. The van der Waals surface area contributed by atoms with E-state index in [1.54, 1.807) is 4.90 Å². The Labute approximate surface area is 126 Å². The molecule has 0 bridgehead atoms. The van der Waals surface area contributed by atoms with Crippen LogP contribution in [0.25, 0.3) is 0 Å². The van der Waals surface area contributed by atoms with Gasteiger partial charge in [0, 0.05) is 6.04 Å². The Hall–Kier alpha value is -1.55. The average Bonchev–Trinajstić information content (AvgIpc) is 2.63. The Morgan fingerprint density at radius 2 is 1.95 bits per heavy atom. The molecule has 1 saturated heterocycles. The second-order valence-electron chi connectivity index (χ2n) is 6.80. The Kier molecular flexibility index (Phi) is 4.57. The SMILES string of the molecule is C[C@H]1C[C@H](O)[C@H](Cc2ccccc2)N1C(=O)OC(C)(C)C. The summed E-state index contributed by atoms with van der Waals surface area (Å²) in [6, 6.07) is 9.70. The Morgan fingerprint density at radius 1 is 1.33 bits per heavy atom. The van der Waals surface area contributed by atoms with E-state index in [-0.39, 0.29) is 18.2 Å². The lowest BCUT2D eigenvalue weighted by Gasteiger charge is -2.32. The van der Waals surface area contributed by atoms with Crippen molar-refractivity contribution in [2.45, 2.75) is 64.3 Å². The number of hydrogen-bond acceptors (Lipinski definition) is 3. The first kappa shape index (κ1) is 15.8. The molecule has 0 aliphatic carbocycles. The highest BCUT2D eigenvalue weighted by atomic mass is 16.6. The first-order chi connectivity index (χ1) is 9.78. The summed E-state index contributed by atoms with van der Waals surface area (Å²) in [6.07, 6.45) is 0.391. The number of nitrogens with zero attached hydrogens (tertiary/aromatic N) is 1. The number of amides is 1. The molecule has 1 amide bonds. The van der Waals surface area contributed by atoms with Gasteiger partial charge in [0.05, 0.1) is 12.1 Å². The molecule has 4 heteroatoms. The minimum Gasteiger partial charge on any atom is -0.444 e. The maximum Gasteiger partial charge on any atom is 0.410 e. The van der Waals surface area contributed by atoms with E-state index < -0.39 is 11.7 Å². The van der Waals surface area contributed by atoms with Crippen molar-refractivity contribution < 1.29 is 14.6 Å². The van der Waals surface area contributed by atoms with Crippen molar-refractivity contribution >= 4 is 6.09 Å². The van der Waals surface area contributed by atoms with Crippen LogP contribution in [0, 0.1) is 0 Å². The van der Waals surface area contributed by atoms with Crippen LogP contribution in [0.4, 0.5) is 4.79 Å². The third kappa shape index (κ3) is 3.97. The molecule has 1 aromatic rings. The lowest BCUT2D eigenvalue weighted by atomic mass is 10.0. The maximum atomic E-state index is 12.4. The molecule has 4 nitrogen and oxygen atoms in total. The van der Waals surface area contributed by atoms with Gasteiger partial charge in [-0.3, -0.25) is 4.90 Å². The fraction of sp³-hybridized carbons (Fsp3) is 0.588. The van der Waals surface area contributed by atoms with Crippen LogP contribution in [0.1, 0.15) is 39.7 Å². The summed E-state index contributed by atoms with van der Waals surface area (Å²) in [5.74, 6) is 0. The standard InChI is InChI=1S/C17H25NO3/c1-12-10-15(19)14(11-13-8-6-5-7-9-13)18(12)16(20)21-17(2,3)4/h5-9,12,14-15,19H,10-11H2,1-4H3/t12-,14-,15-/m0/s1. The van der Waals surface area contributed by atoms with Crippen molar-refractivity contribution in [3.8, 4) is 0 Å². The van der Waals surface area contributed by atoms with E-state index in [0.29, 0.717) is 12.8 Å². The first-order valence-electron chi connectivity index (χ1n) is 7.51. The van der Waals surface area contributed by atoms with Gasteiger partial charge in [-0.2, -0.15) is 0 Å². The van der Waals surface area contributed by atoms with Gasteiger partial charge in [0.15, 0.2) is 0 Å². The van der Waals surface area contributed by atoms with E-state index in [2.05, 4.69) is 0 Å². The van der Waals surface area contributed by atoms with E-state index in [4.69, 9.17) is 4.74 Å². The van der Waals surface area contributed by atoms with Gasteiger partial charge in [-0.15, -0.1) is 0 Å². The van der Waals surface area contributed by atoms with Crippen molar-refractivity contribution in [3.63, 3.8) is 0 Å². The molecule has 0 aromatic heterocycles. The predicted molar refractivity (Wildman–Crippen MR) is 82.1 cm³/mol. The van der Waals surface area contributed by atoms with Gasteiger partial charge in [0.25, 0.3) is 0 Å². The highest BCUT2D eigenvalue weighted by Crippen LogP contribution is 2.29. The second-order valence-corrected chi connectivity index (χ2v) is 6.80. The highest BCUT2D eigenvalue weighted by Gasteiger charge is 2.42. The molecule has 2 rings (SSSR count). The smallest absolute Gasteiger partial charge is 0.410 e. The number of benzene rings is 1. The number of aliphatic hydroxyl groups is 1. The van der Waals surface area contributed by atoms with E-state index in [1.165, 1.54) is 0 Å². The zero-order valence-corrected chi connectivity index (χ0v) is 13.2. The van der Waals surface area contributed by atoms with Gasteiger partial charge in [-0.25, -0.2) is 4.79 Å². The maximum absolute atomic E-state index is 12.4. The highest BCUT2D eigenvalue weighted by molar-refractivity contribution is 5.69. The molecular formula is C17H25NO3. The molecule has 1 fully saturated rings. The predicted octanol–water partition coefficient (Wildman–Crippen LogP) is 2.99. The third-order valence-electron chi connectivity index (χ3n) is 3.75. The van der Waals surface area contributed by atoms with E-state index in [0.717, 1.165) is 5.56 Å². The molecule has 0 unspecified atom stereocenters. The number of rotatable bonds is 2. The Bertz CT molecular complexity index is 481. The topological polar surface area (TPSA) is 49.8 Å². The van der Waals surface area contributed by atoms with Crippen LogP contribution in [-0.2, 0) is 11.2 Å². The number of hydrogen-bond donors (Lipinski definition) is 1. The van der Waals surface area contributed by atoms with Crippen LogP contribution in [0.3, 0.4) is 0 Å². The summed E-state index contributed by atoms with van der Waals surface area (Å²) in [5, 5.41) is 10.3. The summed E-state index contributed by atoms with van der Waals surface area (Å²) in [4.78, 5) is 14.1. The zero-order chi connectivity index (χ0) is 15.6. The van der Waals surface area contributed by atoms with Gasteiger partial charge < -0.3 is 9.84 Å². The van der Waals surface area contributed by atoms with E-state index in [1.807, 2.05) is 58.0 Å². The molecule has 1 aromatic carbocycles. The Balaban J connectivity index is 2.15. The molecule has 1 aliphatic rings. The second kappa shape index (κ2) is 6.06.